The highest BCUT2D eigenvalue weighted by Gasteiger charge is 2.53. The third kappa shape index (κ3) is 3.07. The van der Waals surface area contributed by atoms with Crippen LogP contribution in [0, 0.1) is 0 Å². The molecule has 0 bridgehead atoms. The summed E-state index contributed by atoms with van der Waals surface area (Å²) in [4.78, 5) is 33.9. The van der Waals surface area contributed by atoms with Gasteiger partial charge < -0.3 is 14.8 Å². The number of benzene rings is 1. The number of nitrogens with zero attached hydrogens (tertiary/aromatic N) is 1. The van der Waals surface area contributed by atoms with Gasteiger partial charge in [-0.05, 0) is 24.1 Å². The second-order valence-corrected chi connectivity index (χ2v) is 4.86. The standard InChI is InChI=1S/C14H13F2NO4/c15-14(16)7-11(8-18)17(13(14)21)6-5-9-1-3-10(4-2-9)12(19)20/h1-4,8,11H,5-7H2,(H,19,20). The number of carbonyl (C=O) groups is 3. The minimum absolute atomic E-state index is 0.00967. The molecule has 112 valence electrons. The molecule has 2 rings (SSSR count). The first-order chi connectivity index (χ1) is 9.85. The number of aromatic carboxylic acids is 1. The van der Waals surface area contributed by atoms with E-state index in [1.807, 2.05) is 0 Å². The van der Waals surface area contributed by atoms with Gasteiger partial charge in [-0.25, -0.2) is 4.79 Å². The van der Waals surface area contributed by atoms with Crippen LogP contribution in [0.25, 0.3) is 0 Å². The molecule has 1 unspecified atom stereocenters. The van der Waals surface area contributed by atoms with E-state index in [1.165, 1.54) is 12.1 Å². The minimum atomic E-state index is -3.49. The number of amides is 1. The molecule has 1 aliphatic rings. The SMILES string of the molecule is O=CC1CC(F)(F)C(=O)N1CCc1ccc(C(=O)O)cc1. The van der Waals surface area contributed by atoms with Crippen molar-refractivity contribution >= 4 is 18.2 Å². The van der Waals surface area contributed by atoms with Crippen LogP contribution in [0.5, 0.6) is 0 Å². The molecule has 1 atom stereocenters. The summed E-state index contributed by atoms with van der Waals surface area (Å²) in [5.74, 6) is -5.88. The summed E-state index contributed by atoms with van der Waals surface area (Å²) < 4.78 is 26.6. The van der Waals surface area contributed by atoms with Crippen molar-refractivity contribution in [1.29, 1.82) is 0 Å². The highest BCUT2D eigenvalue weighted by atomic mass is 19.3. The number of carboxylic acid groups (broad SMARTS) is 1. The van der Waals surface area contributed by atoms with E-state index < -0.39 is 30.3 Å². The smallest absolute Gasteiger partial charge is 0.335 e. The Morgan fingerprint density at radius 3 is 2.52 bits per heavy atom. The van der Waals surface area contributed by atoms with Gasteiger partial charge in [0.25, 0.3) is 5.91 Å². The summed E-state index contributed by atoms with van der Waals surface area (Å²) in [6, 6.07) is 4.80. The maximum atomic E-state index is 13.3. The van der Waals surface area contributed by atoms with E-state index in [-0.39, 0.29) is 18.5 Å². The van der Waals surface area contributed by atoms with E-state index >= 15 is 0 Å². The van der Waals surface area contributed by atoms with Gasteiger partial charge in [-0.1, -0.05) is 12.1 Å². The molecule has 1 amide bonds. The Morgan fingerprint density at radius 2 is 2.00 bits per heavy atom. The van der Waals surface area contributed by atoms with Crippen LogP contribution in [0.15, 0.2) is 24.3 Å². The molecule has 21 heavy (non-hydrogen) atoms. The summed E-state index contributed by atoms with van der Waals surface area (Å²) in [5.41, 5.74) is 0.820. The number of aldehydes is 1. The van der Waals surface area contributed by atoms with Crippen molar-refractivity contribution in [1.82, 2.24) is 4.90 Å². The molecule has 1 aliphatic heterocycles. The maximum absolute atomic E-state index is 13.3. The van der Waals surface area contributed by atoms with Gasteiger partial charge in [0.15, 0.2) is 0 Å². The van der Waals surface area contributed by atoms with Crippen molar-refractivity contribution < 1.29 is 28.3 Å². The molecule has 7 heteroatoms. The predicted octanol–water partition coefficient (Wildman–Crippen LogP) is 1.36. The van der Waals surface area contributed by atoms with Crippen LogP contribution in [-0.2, 0) is 16.0 Å². The van der Waals surface area contributed by atoms with Crippen molar-refractivity contribution in [2.24, 2.45) is 0 Å². The van der Waals surface area contributed by atoms with Gasteiger partial charge in [0, 0.05) is 13.0 Å². The molecular weight excluding hydrogens is 284 g/mol. The number of carbonyl (C=O) groups excluding carboxylic acids is 2. The van der Waals surface area contributed by atoms with Gasteiger partial charge in [0.1, 0.15) is 6.29 Å². The third-order valence-corrected chi connectivity index (χ3v) is 3.44. The molecule has 0 spiro atoms. The molecule has 0 saturated carbocycles. The summed E-state index contributed by atoms with van der Waals surface area (Å²) in [7, 11) is 0. The number of likely N-dealkylation sites (tertiary alicyclic amines) is 1. The van der Waals surface area contributed by atoms with Crippen LogP contribution in [0.4, 0.5) is 8.78 Å². The van der Waals surface area contributed by atoms with E-state index in [9.17, 15) is 23.2 Å². The predicted molar refractivity (Wildman–Crippen MR) is 68.2 cm³/mol. The second kappa shape index (κ2) is 5.59. The van der Waals surface area contributed by atoms with Crippen molar-refractivity contribution in [3.63, 3.8) is 0 Å². The first-order valence-corrected chi connectivity index (χ1v) is 6.31. The molecule has 1 aromatic rings. The van der Waals surface area contributed by atoms with Gasteiger partial charge in [-0.15, -0.1) is 0 Å². The number of alkyl halides is 2. The van der Waals surface area contributed by atoms with Gasteiger partial charge in [0.05, 0.1) is 11.6 Å². The van der Waals surface area contributed by atoms with E-state index in [4.69, 9.17) is 5.11 Å². The van der Waals surface area contributed by atoms with Crippen molar-refractivity contribution in [3.05, 3.63) is 35.4 Å². The Kier molecular flexibility index (Phi) is 4.02. The Morgan fingerprint density at radius 1 is 1.38 bits per heavy atom. The fourth-order valence-corrected chi connectivity index (χ4v) is 2.27. The first-order valence-electron chi connectivity index (χ1n) is 6.31. The zero-order chi connectivity index (χ0) is 15.6. The van der Waals surface area contributed by atoms with E-state index in [0.717, 1.165) is 4.90 Å². The molecule has 0 aliphatic carbocycles. The molecule has 0 radical (unpaired) electrons. The highest BCUT2D eigenvalue weighted by molar-refractivity contribution is 5.90. The molecule has 5 nitrogen and oxygen atoms in total. The zero-order valence-corrected chi connectivity index (χ0v) is 11.0. The van der Waals surface area contributed by atoms with E-state index in [0.29, 0.717) is 11.8 Å². The molecule has 1 saturated heterocycles. The van der Waals surface area contributed by atoms with Gasteiger partial charge in [-0.3, -0.25) is 4.79 Å². The van der Waals surface area contributed by atoms with Crippen LogP contribution in [0.2, 0.25) is 0 Å². The van der Waals surface area contributed by atoms with E-state index in [2.05, 4.69) is 0 Å². The topological polar surface area (TPSA) is 74.7 Å². The normalized spacial score (nSPS) is 20.6. The lowest BCUT2D eigenvalue weighted by Gasteiger charge is -2.19. The Bertz CT molecular complexity index is 571. The third-order valence-electron chi connectivity index (χ3n) is 3.44. The summed E-state index contributed by atoms with van der Waals surface area (Å²) in [6.45, 7) is -0.00967. The molecular formula is C14H13F2NO4. The van der Waals surface area contributed by atoms with Gasteiger partial charge >= 0.3 is 11.9 Å². The molecule has 1 aromatic carbocycles. The van der Waals surface area contributed by atoms with Crippen molar-refractivity contribution in [2.45, 2.75) is 24.8 Å². The monoisotopic (exact) mass is 297 g/mol. The van der Waals surface area contributed by atoms with Crippen molar-refractivity contribution in [2.75, 3.05) is 6.54 Å². The number of halogens is 2. The summed E-state index contributed by atoms with van der Waals surface area (Å²) >= 11 is 0. The fraction of sp³-hybridized carbons (Fsp3) is 0.357. The quantitative estimate of drug-likeness (QED) is 0.833. The zero-order valence-electron chi connectivity index (χ0n) is 11.0. The maximum Gasteiger partial charge on any atom is 0.335 e. The van der Waals surface area contributed by atoms with Crippen LogP contribution < -0.4 is 0 Å². The summed E-state index contributed by atoms with van der Waals surface area (Å²) in [5, 5.41) is 8.76. The van der Waals surface area contributed by atoms with Crippen molar-refractivity contribution in [3.8, 4) is 0 Å². The molecule has 1 heterocycles. The molecule has 0 aromatic heterocycles. The highest BCUT2D eigenvalue weighted by Crippen LogP contribution is 2.32. The number of carboxylic acids is 1. The average Bonchev–Trinajstić information content (AvgIpc) is 2.67. The number of hydrogen-bond donors (Lipinski definition) is 1. The van der Waals surface area contributed by atoms with Crippen LogP contribution in [0.3, 0.4) is 0 Å². The Labute approximate surface area is 119 Å². The van der Waals surface area contributed by atoms with Gasteiger partial charge in [-0.2, -0.15) is 8.78 Å². The second-order valence-electron chi connectivity index (χ2n) is 4.86. The summed E-state index contributed by atoms with van der Waals surface area (Å²) in [6.07, 6.45) is -0.161. The Balaban J connectivity index is 2.03. The first kappa shape index (κ1) is 15.1. The fourth-order valence-electron chi connectivity index (χ4n) is 2.27. The molecule has 1 fully saturated rings. The number of rotatable bonds is 5. The van der Waals surface area contributed by atoms with Gasteiger partial charge in [0.2, 0.25) is 0 Å². The minimum Gasteiger partial charge on any atom is -0.478 e. The van der Waals surface area contributed by atoms with Crippen LogP contribution in [0.1, 0.15) is 22.3 Å². The lowest BCUT2D eigenvalue weighted by Crippen LogP contribution is -2.38. The molecule has 1 N–H and O–H groups in total. The number of hydrogen-bond acceptors (Lipinski definition) is 3. The van der Waals surface area contributed by atoms with E-state index in [1.54, 1.807) is 12.1 Å². The lowest BCUT2D eigenvalue weighted by molar-refractivity contribution is -0.148. The van der Waals surface area contributed by atoms with Crippen LogP contribution >= 0.6 is 0 Å². The Hall–Kier alpha value is -2.31. The lowest BCUT2D eigenvalue weighted by atomic mass is 10.1. The average molecular weight is 297 g/mol. The largest absolute Gasteiger partial charge is 0.478 e. The van der Waals surface area contributed by atoms with Crippen LogP contribution in [-0.4, -0.2) is 46.7 Å².